The number of rotatable bonds is 9. The first-order valence-electron chi connectivity index (χ1n) is 11.1. The van der Waals surface area contributed by atoms with Gasteiger partial charge in [0.2, 0.25) is 0 Å². The molecular formula is C26H29N7O2. The second kappa shape index (κ2) is 9.94. The fourth-order valence-electron chi connectivity index (χ4n) is 3.64. The van der Waals surface area contributed by atoms with Gasteiger partial charge >= 0.3 is 0 Å². The molecular weight excluding hydrogens is 442 g/mol. The lowest BCUT2D eigenvalue weighted by molar-refractivity contribution is 0.0836. The molecule has 2 heterocycles. The summed E-state index contributed by atoms with van der Waals surface area (Å²) in [5, 5.41) is 30.2. The molecule has 180 valence electrons. The quantitative estimate of drug-likeness (QED) is 0.271. The average Bonchev–Trinajstić information content (AvgIpc) is 3.27. The standard InChI is InChI=1S/C26H29N7O2/c1-26(2,34)15-28-13-21(12-27)17-5-6-19-14-29-24(11-20(19)9-17)32-22-8-7-18(10-23(22)35-4)25-30-16-31-33(25)3/h5-14,16,27-28,34H,15H2,1-4H3,(H,29,32)/b21-13+,27-12?. The summed E-state index contributed by atoms with van der Waals surface area (Å²) >= 11 is 0. The molecule has 0 radical (unpaired) electrons. The molecule has 0 aliphatic rings. The van der Waals surface area contributed by atoms with E-state index in [4.69, 9.17) is 10.1 Å². The van der Waals surface area contributed by atoms with Crippen LogP contribution in [0.2, 0.25) is 0 Å². The van der Waals surface area contributed by atoms with Gasteiger partial charge in [-0.1, -0.05) is 12.1 Å². The Kier molecular flexibility index (Phi) is 6.79. The summed E-state index contributed by atoms with van der Waals surface area (Å²) in [6, 6.07) is 13.7. The molecule has 0 saturated carbocycles. The number of aryl methyl sites for hydroxylation is 1. The minimum atomic E-state index is -0.840. The molecule has 0 unspecified atom stereocenters. The maximum Gasteiger partial charge on any atom is 0.157 e. The lowest BCUT2D eigenvalue weighted by Crippen LogP contribution is -2.32. The van der Waals surface area contributed by atoms with Gasteiger partial charge in [-0.15, -0.1) is 0 Å². The van der Waals surface area contributed by atoms with Crippen molar-refractivity contribution in [3.8, 4) is 17.1 Å². The van der Waals surface area contributed by atoms with Gasteiger partial charge in [0, 0.05) is 48.7 Å². The van der Waals surface area contributed by atoms with Crippen molar-refractivity contribution < 1.29 is 9.84 Å². The van der Waals surface area contributed by atoms with Crippen molar-refractivity contribution in [1.82, 2.24) is 25.1 Å². The Labute approximate surface area is 204 Å². The van der Waals surface area contributed by atoms with Crippen LogP contribution in [0, 0.1) is 5.41 Å². The molecule has 0 spiro atoms. The second-order valence-corrected chi connectivity index (χ2v) is 8.82. The Morgan fingerprint density at radius 3 is 2.66 bits per heavy atom. The van der Waals surface area contributed by atoms with Gasteiger partial charge in [-0.2, -0.15) is 5.10 Å². The maximum absolute atomic E-state index is 9.90. The van der Waals surface area contributed by atoms with Crippen LogP contribution in [0.5, 0.6) is 5.75 Å². The van der Waals surface area contributed by atoms with E-state index in [1.807, 2.05) is 55.7 Å². The number of ether oxygens (including phenoxy) is 1. The number of nitrogens with one attached hydrogen (secondary N) is 3. The fourth-order valence-corrected chi connectivity index (χ4v) is 3.64. The van der Waals surface area contributed by atoms with Gasteiger partial charge in [-0.05, 0) is 55.1 Å². The van der Waals surface area contributed by atoms with Crippen molar-refractivity contribution in [2.24, 2.45) is 7.05 Å². The zero-order valence-corrected chi connectivity index (χ0v) is 20.2. The first-order valence-corrected chi connectivity index (χ1v) is 11.1. The molecule has 0 amide bonds. The largest absolute Gasteiger partial charge is 0.495 e. The molecule has 0 bridgehead atoms. The van der Waals surface area contributed by atoms with E-state index < -0.39 is 5.60 Å². The summed E-state index contributed by atoms with van der Waals surface area (Å²) in [6.45, 7) is 3.84. The number of aromatic nitrogens is 4. The van der Waals surface area contributed by atoms with Crippen LogP contribution >= 0.6 is 0 Å². The van der Waals surface area contributed by atoms with E-state index in [2.05, 4.69) is 25.7 Å². The molecule has 9 heteroatoms. The molecule has 0 fully saturated rings. The van der Waals surface area contributed by atoms with Gasteiger partial charge in [0.1, 0.15) is 17.9 Å². The summed E-state index contributed by atoms with van der Waals surface area (Å²) in [5.41, 5.74) is 2.43. The van der Waals surface area contributed by atoms with E-state index in [-0.39, 0.29) is 0 Å². The molecule has 4 rings (SSSR count). The molecule has 2 aromatic carbocycles. The summed E-state index contributed by atoms with van der Waals surface area (Å²) in [7, 11) is 3.47. The number of methoxy groups -OCH3 is 1. The Balaban J connectivity index is 1.60. The third-order valence-electron chi connectivity index (χ3n) is 5.44. The Bertz CT molecular complexity index is 1390. The van der Waals surface area contributed by atoms with Crippen molar-refractivity contribution in [3.05, 3.63) is 66.8 Å². The number of benzene rings is 2. The molecule has 4 aromatic rings. The fraction of sp³-hybridized carbons (Fsp3) is 0.231. The van der Waals surface area contributed by atoms with Crippen LogP contribution in [-0.4, -0.2) is 50.3 Å². The Morgan fingerprint density at radius 1 is 1.14 bits per heavy atom. The number of pyridine rings is 1. The van der Waals surface area contributed by atoms with Crippen molar-refractivity contribution >= 4 is 34.1 Å². The average molecular weight is 472 g/mol. The number of anilines is 2. The molecule has 0 aliphatic carbocycles. The first kappa shape index (κ1) is 23.9. The van der Waals surface area contributed by atoms with E-state index in [1.54, 1.807) is 31.8 Å². The van der Waals surface area contributed by atoms with Crippen molar-refractivity contribution in [2.75, 3.05) is 19.0 Å². The van der Waals surface area contributed by atoms with Gasteiger partial charge in [0.25, 0.3) is 0 Å². The molecule has 0 atom stereocenters. The summed E-state index contributed by atoms with van der Waals surface area (Å²) in [4.78, 5) is 8.84. The van der Waals surface area contributed by atoms with E-state index in [0.717, 1.165) is 33.4 Å². The first-order chi connectivity index (χ1) is 16.8. The lowest BCUT2D eigenvalue weighted by Gasteiger charge is -2.17. The van der Waals surface area contributed by atoms with Gasteiger partial charge in [0.15, 0.2) is 5.82 Å². The number of allylic oxidation sites excluding steroid dienone is 1. The predicted molar refractivity (Wildman–Crippen MR) is 139 cm³/mol. The Hall–Kier alpha value is -4.24. The van der Waals surface area contributed by atoms with E-state index in [9.17, 15) is 5.11 Å². The SMILES string of the molecule is COc1cc(-c2ncnn2C)ccc1Nc1cc2cc(/C(C=N)=C/NCC(C)(C)O)ccc2cn1. The van der Waals surface area contributed by atoms with E-state index in [1.165, 1.54) is 12.5 Å². The zero-order valence-electron chi connectivity index (χ0n) is 20.2. The minimum Gasteiger partial charge on any atom is -0.495 e. The molecule has 0 aliphatic heterocycles. The van der Waals surface area contributed by atoms with Gasteiger partial charge in [-0.25, -0.2) is 14.6 Å². The summed E-state index contributed by atoms with van der Waals surface area (Å²) in [6.07, 6.45) is 6.37. The molecule has 0 saturated heterocycles. The van der Waals surface area contributed by atoms with Crippen LogP contribution < -0.4 is 15.4 Å². The zero-order chi connectivity index (χ0) is 25.0. The number of hydrogen-bond donors (Lipinski definition) is 4. The van der Waals surface area contributed by atoms with Gasteiger partial charge < -0.3 is 25.9 Å². The minimum absolute atomic E-state index is 0.382. The molecule has 2 aromatic heterocycles. The third kappa shape index (κ3) is 5.64. The van der Waals surface area contributed by atoms with Gasteiger partial charge in [-0.3, -0.25) is 0 Å². The van der Waals surface area contributed by atoms with Crippen LogP contribution in [0.1, 0.15) is 19.4 Å². The van der Waals surface area contributed by atoms with E-state index in [0.29, 0.717) is 23.7 Å². The normalized spacial score (nSPS) is 12.0. The monoisotopic (exact) mass is 471 g/mol. The summed E-state index contributed by atoms with van der Waals surface area (Å²) in [5.74, 6) is 2.08. The van der Waals surface area contributed by atoms with Crippen molar-refractivity contribution in [3.63, 3.8) is 0 Å². The number of nitrogens with zero attached hydrogens (tertiary/aromatic N) is 4. The third-order valence-corrected chi connectivity index (χ3v) is 5.44. The highest BCUT2D eigenvalue weighted by Crippen LogP contribution is 2.32. The number of aliphatic hydroxyl groups is 1. The van der Waals surface area contributed by atoms with Crippen LogP contribution in [0.4, 0.5) is 11.5 Å². The van der Waals surface area contributed by atoms with Crippen LogP contribution in [0.25, 0.3) is 27.7 Å². The maximum atomic E-state index is 9.90. The van der Waals surface area contributed by atoms with Crippen molar-refractivity contribution in [2.45, 2.75) is 19.4 Å². The topological polar surface area (TPSA) is 121 Å². The molecule has 9 nitrogen and oxygen atoms in total. The van der Waals surface area contributed by atoms with Crippen molar-refractivity contribution in [1.29, 1.82) is 5.41 Å². The van der Waals surface area contributed by atoms with Crippen LogP contribution in [-0.2, 0) is 7.05 Å². The highest BCUT2D eigenvalue weighted by molar-refractivity contribution is 6.09. The number of hydrogen-bond acceptors (Lipinski definition) is 8. The number of fused-ring (bicyclic) bond motifs is 1. The highest BCUT2D eigenvalue weighted by atomic mass is 16.5. The summed E-state index contributed by atoms with van der Waals surface area (Å²) < 4.78 is 7.32. The predicted octanol–water partition coefficient (Wildman–Crippen LogP) is 4.13. The smallest absolute Gasteiger partial charge is 0.157 e. The lowest BCUT2D eigenvalue weighted by atomic mass is 10.0. The molecule has 35 heavy (non-hydrogen) atoms. The Morgan fingerprint density at radius 2 is 1.97 bits per heavy atom. The highest BCUT2D eigenvalue weighted by Gasteiger charge is 2.12. The second-order valence-electron chi connectivity index (χ2n) is 8.82. The molecule has 4 N–H and O–H groups in total. The van der Waals surface area contributed by atoms with E-state index >= 15 is 0 Å². The van der Waals surface area contributed by atoms with Gasteiger partial charge in [0.05, 0.1) is 18.4 Å². The van der Waals surface area contributed by atoms with Crippen LogP contribution in [0.3, 0.4) is 0 Å². The van der Waals surface area contributed by atoms with Crippen LogP contribution in [0.15, 0.2) is 61.2 Å².